The molecule has 10 nitrogen and oxygen atoms in total. The summed E-state index contributed by atoms with van der Waals surface area (Å²) in [5.41, 5.74) is 2.63. The average molecular weight is 312 g/mol. The maximum Gasteiger partial charge on any atom is 0.339 e. The van der Waals surface area contributed by atoms with Crippen molar-refractivity contribution < 1.29 is 24.4 Å². The maximum atomic E-state index is 11.5. The van der Waals surface area contributed by atoms with Gasteiger partial charge in [-0.05, 0) is 13.8 Å². The molecule has 120 valence electrons. The highest BCUT2D eigenvalue weighted by Crippen LogP contribution is 2.19. The molecular weight excluding hydrogens is 296 g/mol. The second-order valence-corrected chi connectivity index (χ2v) is 4.56. The third-order valence-corrected chi connectivity index (χ3v) is 2.66. The number of aliphatic hydroxyl groups is 1. The Bertz CT molecular complexity index is 601. The molecular formula is C12H16N4O6. The Labute approximate surface area is 125 Å². The second kappa shape index (κ2) is 6.80. The normalized spacial score (nSPS) is 13.0. The standard InChI is InChI=1S/C12H16N4O6/c1-3-22-11(18)12(2,19)6-15-10-8(9(13)17)4-7(5-14-10)16(20)21/h4-5,19H,3,6H2,1-2H3,(H2,13,17)(H,14,15)/t12-/m1/s1. The summed E-state index contributed by atoms with van der Waals surface area (Å²) in [5, 5.41) is 23.2. The van der Waals surface area contributed by atoms with Gasteiger partial charge in [-0.1, -0.05) is 0 Å². The van der Waals surface area contributed by atoms with Crippen molar-refractivity contribution in [2.24, 2.45) is 5.73 Å². The van der Waals surface area contributed by atoms with E-state index in [4.69, 9.17) is 10.5 Å². The van der Waals surface area contributed by atoms with E-state index in [1.807, 2.05) is 0 Å². The van der Waals surface area contributed by atoms with Crippen molar-refractivity contribution in [2.45, 2.75) is 19.4 Å². The Morgan fingerprint density at radius 3 is 2.73 bits per heavy atom. The van der Waals surface area contributed by atoms with Crippen LogP contribution in [-0.2, 0) is 9.53 Å². The molecule has 0 saturated heterocycles. The summed E-state index contributed by atoms with van der Waals surface area (Å²) in [4.78, 5) is 36.5. The third kappa shape index (κ3) is 4.12. The smallest absolute Gasteiger partial charge is 0.339 e. The first kappa shape index (κ1) is 17.3. The molecule has 0 aromatic carbocycles. The molecule has 22 heavy (non-hydrogen) atoms. The Hall–Kier alpha value is -2.75. The molecule has 0 spiro atoms. The number of nitrogens with zero attached hydrogens (tertiary/aromatic N) is 2. The van der Waals surface area contributed by atoms with E-state index in [1.54, 1.807) is 6.92 Å². The van der Waals surface area contributed by atoms with E-state index in [0.717, 1.165) is 12.3 Å². The number of carbonyl (C=O) groups excluding carboxylic acids is 2. The number of nitrogens with one attached hydrogen (secondary N) is 1. The van der Waals surface area contributed by atoms with Gasteiger partial charge in [0.15, 0.2) is 5.60 Å². The van der Waals surface area contributed by atoms with E-state index in [0.29, 0.717) is 0 Å². The lowest BCUT2D eigenvalue weighted by atomic mass is 10.1. The molecule has 10 heteroatoms. The van der Waals surface area contributed by atoms with Crippen LogP contribution in [-0.4, -0.2) is 45.6 Å². The molecule has 1 aromatic heterocycles. The Morgan fingerprint density at radius 1 is 1.59 bits per heavy atom. The highest BCUT2D eigenvalue weighted by atomic mass is 16.6. The number of aromatic nitrogens is 1. The number of ether oxygens (including phenoxy) is 1. The van der Waals surface area contributed by atoms with Crippen LogP contribution in [0.25, 0.3) is 0 Å². The molecule has 0 unspecified atom stereocenters. The van der Waals surface area contributed by atoms with E-state index in [2.05, 4.69) is 10.3 Å². The van der Waals surface area contributed by atoms with Crippen LogP contribution in [0.3, 0.4) is 0 Å². The third-order valence-electron chi connectivity index (χ3n) is 2.66. The predicted molar refractivity (Wildman–Crippen MR) is 75.2 cm³/mol. The van der Waals surface area contributed by atoms with Gasteiger partial charge in [-0.15, -0.1) is 0 Å². The van der Waals surface area contributed by atoms with Crippen LogP contribution in [0.2, 0.25) is 0 Å². The number of hydrogen-bond donors (Lipinski definition) is 3. The number of pyridine rings is 1. The van der Waals surface area contributed by atoms with Gasteiger partial charge in [-0.3, -0.25) is 14.9 Å². The van der Waals surface area contributed by atoms with Crippen LogP contribution >= 0.6 is 0 Å². The average Bonchev–Trinajstić information content (AvgIpc) is 2.45. The lowest BCUT2D eigenvalue weighted by molar-refractivity contribution is -0.385. The fourth-order valence-corrected chi connectivity index (χ4v) is 1.50. The first-order valence-electron chi connectivity index (χ1n) is 6.26. The van der Waals surface area contributed by atoms with E-state index < -0.39 is 28.1 Å². The molecule has 1 amide bonds. The Kier molecular flexibility index (Phi) is 5.35. The zero-order valence-corrected chi connectivity index (χ0v) is 12.0. The zero-order valence-electron chi connectivity index (χ0n) is 12.0. The van der Waals surface area contributed by atoms with Crippen LogP contribution in [0.15, 0.2) is 12.3 Å². The number of hydrogen-bond acceptors (Lipinski definition) is 8. The van der Waals surface area contributed by atoms with E-state index in [1.165, 1.54) is 6.92 Å². The van der Waals surface area contributed by atoms with Gasteiger partial charge in [-0.2, -0.15) is 0 Å². The molecule has 0 fully saturated rings. The number of esters is 1. The molecule has 0 bridgehead atoms. The van der Waals surface area contributed by atoms with Gasteiger partial charge >= 0.3 is 5.97 Å². The lowest BCUT2D eigenvalue weighted by Crippen LogP contribution is -2.43. The molecule has 1 atom stereocenters. The Morgan fingerprint density at radius 2 is 2.23 bits per heavy atom. The van der Waals surface area contributed by atoms with Crippen LogP contribution in [0.1, 0.15) is 24.2 Å². The summed E-state index contributed by atoms with van der Waals surface area (Å²) in [6.07, 6.45) is 0.924. The highest BCUT2D eigenvalue weighted by molar-refractivity contribution is 5.98. The molecule has 0 aliphatic heterocycles. The van der Waals surface area contributed by atoms with E-state index in [-0.39, 0.29) is 24.5 Å². The number of amides is 1. The molecule has 0 aliphatic rings. The van der Waals surface area contributed by atoms with Crippen LogP contribution in [0, 0.1) is 10.1 Å². The number of nitro groups is 1. The van der Waals surface area contributed by atoms with Gasteiger partial charge in [-0.25, -0.2) is 9.78 Å². The summed E-state index contributed by atoms with van der Waals surface area (Å²) < 4.78 is 4.69. The number of rotatable bonds is 7. The minimum absolute atomic E-state index is 0.0809. The van der Waals surface area contributed by atoms with E-state index in [9.17, 15) is 24.8 Å². The summed E-state index contributed by atoms with van der Waals surface area (Å²) in [7, 11) is 0. The van der Waals surface area contributed by atoms with Crippen molar-refractivity contribution in [3.8, 4) is 0 Å². The number of anilines is 1. The van der Waals surface area contributed by atoms with Gasteiger partial charge in [0, 0.05) is 6.07 Å². The first-order chi connectivity index (χ1) is 10.2. The fraction of sp³-hybridized carbons (Fsp3) is 0.417. The molecule has 0 aliphatic carbocycles. The van der Waals surface area contributed by atoms with Gasteiger partial charge in [0.1, 0.15) is 12.0 Å². The molecule has 0 radical (unpaired) electrons. The highest BCUT2D eigenvalue weighted by Gasteiger charge is 2.32. The largest absolute Gasteiger partial charge is 0.464 e. The minimum Gasteiger partial charge on any atom is -0.464 e. The molecule has 1 rings (SSSR count). The number of primary amides is 1. The van der Waals surface area contributed by atoms with Crippen LogP contribution < -0.4 is 11.1 Å². The second-order valence-electron chi connectivity index (χ2n) is 4.56. The maximum absolute atomic E-state index is 11.5. The van der Waals surface area contributed by atoms with Crippen molar-refractivity contribution in [3.63, 3.8) is 0 Å². The van der Waals surface area contributed by atoms with Crippen molar-refractivity contribution in [1.29, 1.82) is 0 Å². The van der Waals surface area contributed by atoms with Gasteiger partial charge in [0.25, 0.3) is 11.6 Å². The van der Waals surface area contributed by atoms with Gasteiger partial charge in [0.2, 0.25) is 0 Å². The van der Waals surface area contributed by atoms with Crippen LogP contribution in [0.5, 0.6) is 0 Å². The number of carbonyl (C=O) groups is 2. The summed E-state index contributed by atoms with van der Waals surface area (Å²) in [6, 6.07) is 0.955. The molecule has 1 heterocycles. The number of nitrogens with two attached hydrogens (primary N) is 1. The van der Waals surface area contributed by atoms with Crippen molar-refractivity contribution in [2.75, 3.05) is 18.5 Å². The monoisotopic (exact) mass is 312 g/mol. The SMILES string of the molecule is CCOC(=O)[C@](C)(O)CNc1ncc([N+](=O)[O-])cc1C(N)=O. The molecule has 0 saturated carbocycles. The minimum atomic E-state index is -1.87. The van der Waals surface area contributed by atoms with Gasteiger partial charge < -0.3 is 20.9 Å². The first-order valence-corrected chi connectivity index (χ1v) is 6.26. The van der Waals surface area contributed by atoms with Crippen molar-refractivity contribution in [1.82, 2.24) is 4.98 Å². The fourth-order valence-electron chi connectivity index (χ4n) is 1.50. The summed E-state index contributed by atoms with van der Waals surface area (Å²) >= 11 is 0. The summed E-state index contributed by atoms with van der Waals surface area (Å²) in [5.74, 6) is -1.87. The van der Waals surface area contributed by atoms with E-state index >= 15 is 0 Å². The predicted octanol–water partition coefficient (Wildman–Crippen LogP) is -0.185. The van der Waals surface area contributed by atoms with Crippen molar-refractivity contribution >= 4 is 23.4 Å². The quantitative estimate of drug-likeness (QED) is 0.355. The van der Waals surface area contributed by atoms with Crippen LogP contribution in [0.4, 0.5) is 11.5 Å². The van der Waals surface area contributed by atoms with Gasteiger partial charge in [0.05, 0.1) is 23.6 Å². The van der Waals surface area contributed by atoms with Crippen molar-refractivity contribution in [3.05, 3.63) is 27.9 Å². The molecule has 1 aromatic rings. The summed E-state index contributed by atoms with van der Waals surface area (Å²) in [6.45, 7) is 2.58. The Balaban J connectivity index is 2.96. The molecule has 4 N–H and O–H groups in total. The zero-order chi connectivity index (χ0) is 16.9. The lowest BCUT2D eigenvalue weighted by Gasteiger charge is -2.22. The topological polar surface area (TPSA) is 158 Å².